The van der Waals surface area contributed by atoms with Gasteiger partial charge in [0.2, 0.25) is 11.8 Å². The molecule has 1 atom stereocenters. The molecule has 1 aliphatic rings. The molecule has 0 radical (unpaired) electrons. The van der Waals surface area contributed by atoms with Gasteiger partial charge in [-0.2, -0.15) is 0 Å². The second kappa shape index (κ2) is 8.85. The average Bonchev–Trinajstić information content (AvgIpc) is 3.06. The third-order valence-electron chi connectivity index (χ3n) is 4.88. The van der Waals surface area contributed by atoms with E-state index in [9.17, 15) is 9.59 Å². The summed E-state index contributed by atoms with van der Waals surface area (Å²) in [5.41, 5.74) is 0.983. The lowest BCUT2D eigenvalue weighted by Gasteiger charge is -2.28. The predicted molar refractivity (Wildman–Crippen MR) is 93.2 cm³/mol. The maximum atomic E-state index is 12.5. The molecule has 6 heteroatoms. The highest BCUT2D eigenvalue weighted by Gasteiger charge is 2.29. The highest BCUT2D eigenvalue weighted by Crippen LogP contribution is 2.28. The smallest absolute Gasteiger partial charge is 0.242 e. The van der Waals surface area contributed by atoms with Crippen molar-refractivity contribution in [1.82, 2.24) is 20.6 Å². The van der Waals surface area contributed by atoms with Gasteiger partial charge in [0.05, 0.1) is 6.33 Å². The predicted octanol–water partition coefficient (Wildman–Crippen LogP) is 2.04. The number of H-pyrrole nitrogens is 1. The van der Waals surface area contributed by atoms with E-state index < -0.39 is 6.04 Å². The molecule has 1 heterocycles. The number of carbonyl (C=O) groups is 2. The van der Waals surface area contributed by atoms with Gasteiger partial charge in [-0.25, -0.2) is 4.98 Å². The van der Waals surface area contributed by atoms with Gasteiger partial charge in [0.1, 0.15) is 6.04 Å². The van der Waals surface area contributed by atoms with Crippen molar-refractivity contribution in [2.45, 2.75) is 58.9 Å². The molecule has 1 aromatic heterocycles. The van der Waals surface area contributed by atoms with E-state index in [2.05, 4.69) is 27.5 Å². The first-order valence-electron chi connectivity index (χ1n) is 9.02. The summed E-state index contributed by atoms with van der Waals surface area (Å²) in [6.07, 6.45) is 8.13. The second-order valence-electron chi connectivity index (χ2n) is 7.30. The molecule has 1 unspecified atom stereocenters. The van der Waals surface area contributed by atoms with Crippen LogP contribution in [-0.4, -0.2) is 34.4 Å². The molecule has 3 N–H and O–H groups in total. The van der Waals surface area contributed by atoms with E-state index in [-0.39, 0.29) is 23.7 Å². The molecule has 2 amide bonds. The minimum Gasteiger partial charge on any atom is -0.354 e. The van der Waals surface area contributed by atoms with Gasteiger partial charge in [-0.05, 0) is 37.5 Å². The van der Waals surface area contributed by atoms with Crippen molar-refractivity contribution in [2.24, 2.45) is 17.8 Å². The lowest BCUT2D eigenvalue weighted by Crippen LogP contribution is -2.51. The van der Waals surface area contributed by atoms with Crippen LogP contribution in [0.3, 0.4) is 0 Å². The molecule has 1 fully saturated rings. The summed E-state index contributed by atoms with van der Waals surface area (Å²) in [4.78, 5) is 31.9. The Morgan fingerprint density at radius 2 is 2.00 bits per heavy atom. The third kappa shape index (κ3) is 5.35. The number of hydrogen-bond donors (Lipinski definition) is 3. The molecule has 134 valence electrons. The maximum Gasteiger partial charge on any atom is 0.242 e. The molecule has 0 bridgehead atoms. The van der Waals surface area contributed by atoms with Crippen molar-refractivity contribution in [1.29, 1.82) is 0 Å². The van der Waals surface area contributed by atoms with Crippen molar-refractivity contribution in [3.05, 3.63) is 18.2 Å². The lowest BCUT2D eigenvalue weighted by atomic mass is 9.82. The quantitative estimate of drug-likeness (QED) is 0.713. The number of imidazole rings is 1. The van der Waals surface area contributed by atoms with E-state index in [0.29, 0.717) is 18.9 Å². The zero-order valence-corrected chi connectivity index (χ0v) is 15.0. The summed E-state index contributed by atoms with van der Waals surface area (Å²) in [6, 6.07) is -0.474. The fourth-order valence-electron chi connectivity index (χ4n) is 3.18. The Kier molecular flexibility index (Phi) is 6.82. The van der Waals surface area contributed by atoms with E-state index in [1.807, 2.05) is 13.8 Å². The largest absolute Gasteiger partial charge is 0.354 e. The van der Waals surface area contributed by atoms with Crippen LogP contribution in [-0.2, 0) is 16.0 Å². The van der Waals surface area contributed by atoms with Gasteiger partial charge in [-0.1, -0.05) is 20.8 Å². The standard InChI is InChI=1S/C18H30N4O2/c1-12(2)16(18(24)20-9-8-15-10-19-11-21-15)22-17(23)14-6-4-13(3)5-7-14/h10-14,16H,4-9H2,1-3H3,(H,19,21)(H,20,24)(H,22,23). The van der Waals surface area contributed by atoms with Crippen molar-refractivity contribution in [3.8, 4) is 0 Å². The van der Waals surface area contributed by atoms with Crippen LogP contribution in [0.5, 0.6) is 0 Å². The molecule has 0 aliphatic heterocycles. The summed E-state index contributed by atoms with van der Waals surface area (Å²) >= 11 is 0. The van der Waals surface area contributed by atoms with Crippen molar-refractivity contribution in [2.75, 3.05) is 6.54 Å². The first-order valence-corrected chi connectivity index (χ1v) is 9.02. The molecule has 6 nitrogen and oxygen atoms in total. The first-order chi connectivity index (χ1) is 11.5. The van der Waals surface area contributed by atoms with Gasteiger partial charge < -0.3 is 15.6 Å². The summed E-state index contributed by atoms with van der Waals surface area (Å²) < 4.78 is 0. The average molecular weight is 334 g/mol. The van der Waals surface area contributed by atoms with E-state index in [0.717, 1.165) is 31.4 Å². The van der Waals surface area contributed by atoms with Crippen molar-refractivity contribution < 1.29 is 9.59 Å². The Bertz CT molecular complexity index is 519. The van der Waals surface area contributed by atoms with Crippen molar-refractivity contribution >= 4 is 11.8 Å². The number of rotatable bonds is 7. The van der Waals surface area contributed by atoms with Gasteiger partial charge in [0.25, 0.3) is 0 Å². The number of aromatic nitrogens is 2. The Morgan fingerprint density at radius 3 is 2.58 bits per heavy atom. The number of nitrogens with zero attached hydrogens (tertiary/aromatic N) is 1. The number of amides is 2. The van der Waals surface area contributed by atoms with Gasteiger partial charge in [0.15, 0.2) is 0 Å². The van der Waals surface area contributed by atoms with E-state index in [1.54, 1.807) is 12.5 Å². The number of hydrogen-bond acceptors (Lipinski definition) is 3. The third-order valence-corrected chi connectivity index (χ3v) is 4.88. The normalized spacial score (nSPS) is 22.2. The van der Waals surface area contributed by atoms with Crippen LogP contribution in [0.25, 0.3) is 0 Å². The summed E-state index contributed by atoms with van der Waals surface area (Å²) in [5.74, 6) is 0.746. The van der Waals surface area contributed by atoms with Crippen LogP contribution in [0.1, 0.15) is 52.1 Å². The van der Waals surface area contributed by atoms with E-state index in [1.165, 1.54) is 0 Å². The van der Waals surface area contributed by atoms with Crippen LogP contribution in [0, 0.1) is 17.8 Å². The van der Waals surface area contributed by atoms with Gasteiger partial charge in [-0.3, -0.25) is 9.59 Å². The zero-order valence-electron chi connectivity index (χ0n) is 15.0. The number of aromatic amines is 1. The minimum absolute atomic E-state index is 0.0318. The molecule has 1 aromatic rings. The fraction of sp³-hybridized carbons (Fsp3) is 0.722. The second-order valence-corrected chi connectivity index (χ2v) is 7.30. The molecule has 0 saturated heterocycles. The van der Waals surface area contributed by atoms with Gasteiger partial charge >= 0.3 is 0 Å². The molecule has 2 rings (SSSR count). The SMILES string of the molecule is CC1CCC(C(=O)NC(C(=O)NCCc2cnc[nH]2)C(C)C)CC1. The van der Waals surface area contributed by atoms with Crippen molar-refractivity contribution in [3.63, 3.8) is 0 Å². The maximum absolute atomic E-state index is 12.5. The molecule has 1 saturated carbocycles. The summed E-state index contributed by atoms with van der Waals surface area (Å²) in [7, 11) is 0. The molecular weight excluding hydrogens is 304 g/mol. The Morgan fingerprint density at radius 1 is 1.29 bits per heavy atom. The summed E-state index contributed by atoms with van der Waals surface area (Å²) in [6.45, 7) is 6.68. The fourth-order valence-corrected chi connectivity index (χ4v) is 3.18. The lowest BCUT2D eigenvalue weighted by molar-refractivity contribution is -0.132. The molecule has 0 spiro atoms. The van der Waals surface area contributed by atoms with Gasteiger partial charge in [-0.15, -0.1) is 0 Å². The van der Waals surface area contributed by atoms with Gasteiger partial charge in [0, 0.05) is 30.8 Å². The number of nitrogens with one attached hydrogen (secondary N) is 3. The minimum atomic E-state index is -0.474. The van der Waals surface area contributed by atoms with Crippen LogP contribution in [0.2, 0.25) is 0 Å². The number of carbonyl (C=O) groups excluding carboxylic acids is 2. The molecule has 24 heavy (non-hydrogen) atoms. The highest BCUT2D eigenvalue weighted by atomic mass is 16.2. The molecule has 1 aliphatic carbocycles. The van der Waals surface area contributed by atoms with Crippen LogP contribution in [0.4, 0.5) is 0 Å². The highest BCUT2D eigenvalue weighted by molar-refractivity contribution is 5.88. The first kappa shape index (κ1) is 18.5. The topological polar surface area (TPSA) is 86.9 Å². The Hall–Kier alpha value is -1.85. The molecule has 0 aromatic carbocycles. The zero-order chi connectivity index (χ0) is 17.5. The Balaban J connectivity index is 1.81. The molecular formula is C18H30N4O2. The van der Waals surface area contributed by atoms with Crippen LogP contribution >= 0.6 is 0 Å². The summed E-state index contributed by atoms with van der Waals surface area (Å²) in [5, 5.41) is 5.89. The van der Waals surface area contributed by atoms with Crippen LogP contribution < -0.4 is 10.6 Å². The van der Waals surface area contributed by atoms with E-state index in [4.69, 9.17) is 0 Å². The van der Waals surface area contributed by atoms with E-state index >= 15 is 0 Å². The van der Waals surface area contributed by atoms with Crippen LogP contribution in [0.15, 0.2) is 12.5 Å². The Labute approximate surface area is 144 Å². The monoisotopic (exact) mass is 334 g/mol.